The monoisotopic (exact) mass is 222 g/mol. The first-order chi connectivity index (χ1) is 7.71. The van der Waals surface area contributed by atoms with Crippen molar-refractivity contribution >= 4 is 11.5 Å². The topological polar surface area (TPSA) is 63.0 Å². The van der Waals surface area contributed by atoms with E-state index in [0.29, 0.717) is 17.8 Å². The number of hydrazine groups is 1. The Bertz CT molecular complexity index is 310. The van der Waals surface area contributed by atoms with Crippen LogP contribution >= 0.6 is 0 Å². The van der Waals surface area contributed by atoms with Gasteiger partial charge in [-0.1, -0.05) is 26.7 Å². The van der Waals surface area contributed by atoms with Gasteiger partial charge in [0.2, 0.25) is 0 Å². The molecule has 1 unspecified atom stereocenters. The number of nitrogen functional groups attached to an aromatic ring is 1. The molecule has 1 rings (SSSR count). The van der Waals surface area contributed by atoms with E-state index in [1.807, 2.05) is 12.1 Å². The van der Waals surface area contributed by atoms with E-state index in [0.717, 1.165) is 5.69 Å². The highest BCUT2D eigenvalue weighted by atomic mass is 15.2. The number of anilines is 2. The Morgan fingerprint density at radius 3 is 2.62 bits per heavy atom. The number of hydrogen-bond acceptors (Lipinski definition) is 4. The quantitative estimate of drug-likeness (QED) is 0.511. The first-order valence-corrected chi connectivity index (χ1v) is 5.90. The number of rotatable bonds is 6. The summed E-state index contributed by atoms with van der Waals surface area (Å²) in [4.78, 5) is 4.07. The molecular formula is C12H22N4. The molecule has 0 spiro atoms. The summed E-state index contributed by atoms with van der Waals surface area (Å²) in [5.74, 6) is 6.70. The van der Waals surface area contributed by atoms with Crippen molar-refractivity contribution < 1.29 is 0 Å². The second-order valence-electron chi connectivity index (χ2n) is 4.08. The van der Waals surface area contributed by atoms with E-state index in [9.17, 15) is 0 Å². The summed E-state index contributed by atoms with van der Waals surface area (Å²) in [5, 5.41) is 3.48. The molecule has 0 amide bonds. The van der Waals surface area contributed by atoms with Crippen LogP contribution in [0.2, 0.25) is 0 Å². The minimum Gasteiger partial charge on any atom is -0.382 e. The van der Waals surface area contributed by atoms with Crippen LogP contribution in [0.4, 0.5) is 11.5 Å². The van der Waals surface area contributed by atoms with Gasteiger partial charge in [0, 0.05) is 24.0 Å². The molecule has 4 N–H and O–H groups in total. The van der Waals surface area contributed by atoms with Gasteiger partial charge in [-0.05, 0) is 18.9 Å². The lowest BCUT2D eigenvalue weighted by Crippen LogP contribution is -2.25. The summed E-state index contributed by atoms with van der Waals surface area (Å²) in [6, 6.07) is 4.33. The fourth-order valence-electron chi connectivity index (χ4n) is 1.98. The van der Waals surface area contributed by atoms with Gasteiger partial charge in [-0.2, -0.15) is 0 Å². The van der Waals surface area contributed by atoms with Gasteiger partial charge in [0.15, 0.2) is 0 Å². The second kappa shape index (κ2) is 6.33. The van der Waals surface area contributed by atoms with Crippen LogP contribution in [0.3, 0.4) is 0 Å². The van der Waals surface area contributed by atoms with E-state index in [2.05, 4.69) is 36.5 Å². The number of nitrogens with one attached hydrogen (secondary N) is 2. The van der Waals surface area contributed by atoms with Gasteiger partial charge < -0.3 is 10.7 Å². The molecule has 0 aliphatic carbocycles. The third-order valence-electron chi connectivity index (χ3n) is 3.06. The van der Waals surface area contributed by atoms with E-state index in [1.54, 1.807) is 6.20 Å². The average molecular weight is 222 g/mol. The molecule has 1 aromatic rings. The Morgan fingerprint density at radius 2 is 2.06 bits per heavy atom. The van der Waals surface area contributed by atoms with Crippen LogP contribution in [0, 0.1) is 5.92 Å². The van der Waals surface area contributed by atoms with Crippen LogP contribution < -0.4 is 16.6 Å². The molecular weight excluding hydrogens is 200 g/mol. The van der Waals surface area contributed by atoms with Gasteiger partial charge in [-0.3, -0.25) is 0 Å². The molecule has 1 atom stereocenters. The van der Waals surface area contributed by atoms with Crippen molar-refractivity contribution in [3.8, 4) is 0 Å². The predicted molar refractivity (Wildman–Crippen MR) is 69.2 cm³/mol. The van der Waals surface area contributed by atoms with Crippen molar-refractivity contribution in [2.24, 2.45) is 11.8 Å². The fraction of sp³-hybridized carbons (Fsp3) is 0.583. The SMILES string of the molecule is CCC(CC)C(C)Nc1ccnc(NN)c1. The second-order valence-corrected chi connectivity index (χ2v) is 4.08. The molecule has 0 aliphatic rings. The maximum Gasteiger partial charge on any atom is 0.141 e. The highest BCUT2D eigenvalue weighted by Gasteiger charge is 2.12. The molecule has 90 valence electrons. The van der Waals surface area contributed by atoms with Gasteiger partial charge in [0.25, 0.3) is 0 Å². The Labute approximate surface area is 97.6 Å². The standard InChI is InChI=1S/C12H22N4/c1-4-10(5-2)9(3)15-11-6-7-14-12(8-11)16-13/h6-10H,4-5,13H2,1-3H3,(H2,14,15,16). The van der Waals surface area contributed by atoms with Gasteiger partial charge in [0.05, 0.1) is 0 Å². The van der Waals surface area contributed by atoms with Crippen LogP contribution in [0.5, 0.6) is 0 Å². The normalized spacial score (nSPS) is 12.6. The lowest BCUT2D eigenvalue weighted by molar-refractivity contribution is 0.438. The summed E-state index contributed by atoms with van der Waals surface area (Å²) in [7, 11) is 0. The van der Waals surface area contributed by atoms with Gasteiger partial charge in [-0.15, -0.1) is 0 Å². The average Bonchev–Trinajstić information content (AvgIpc) is 2.31. The van der Waals surface area contributed by atoms with Crippen LogP contribution in [0.25, 0.3) is 0 Å². The van der Waals surface area contributed by atoms with Gasteiger partial charge in [-0.25, -0.2) is 10.8 Å². The highest BCUT2D eigenvalue weighted by molar-refractivity contribution is 5.51. The van der Waals surface area contributed by atoms with Crippen LogP contribution in [0.1, 0.15) is 33.6 Å². The molecule has 0 saturated carbocycles. The Hall–Kier alpha value is -1.29. The van der Waals surface area contributed by atoms with Crippen molar-refractivity contribution in [2.45, 2.75) is 39.7 Å². The zero-order valence-corrected chi connectivity index (χ0v) is 10.3. The third-order valence-corrected chi connectivity index (χ3v) is 3.06. The molecule has 1 aromatic heterocycles. The summed E-state index contributed by atoms with van der Waals surface area (Å²) in [5.41, 5.74) is 3.60. The molecule has 0 bridgehead atoms. The molecule has 4 heteroatoms. The molecule has 1 heterocycles. The van der Waals surface area contributed by atoms with E-state index in [-0.39, 0.29) is 0 Å². The van der Waals surface area contributed by atoms with Crippen molar-refractivity contribution in [1.82, 2.24) is 4.98 Å². The Morgan fingerprint density at radius 1 is 1.38 bits per heavy atom. The highest BCUT2D eigenvalue weighted by Crippen LogP contribution is 2.19. The van der Waals surface area contributed by atoms with Crippen LogP contribution in [-0.4, -0.2) is 11.0 Å². The van der Waals surface area contributed by atoms with E-state index in [4.69, 9.17) is 5.84 Å². The smallest absolute Gasteiger partial charge is 0.141 e. The lowest BCUT2D eigenvalue weighted by Gasteiger charge is -2.23. The molecule has 0 saturated heterocycles. The first kappa shape index (κ1) is 12.8. The molecule has 0 aromatic carbocycles. The Kier molecular flexibility index (Phi) is 5.05. The number of nitrogens with two attached hydrogens (primary N) is 1. The van der Waals surface area contributed by atoms with E-state index in [1.165, 1.54) is 12.8 Å². The number of pyridine rings is 1. The lowest BCUT2D eigenvalue weighted by atomic mass is 9.95. The summed E-state index contributed by atoms with van der Waals surface area (Å²) in [6.07, 6.45) is 4.13. The maximum absolute atomic E-state index is 5.32. The number of hydrogen-bond donors (Lipinski definition) is 3. The van der Waals surface area contributed by atoms with Crippen molar-refractivity contribution in [2.75, 3.05) is 10.7 Å². The van der Waals surface area contributed by atoms with E-state index < -0.39 is 0 Å². The molecule has 0 aliphatic heterocycles. The zero-order chi connectivity index (χ0) is 12.0. The van der Waals surface area contributed by atoms with Gasteiger partial charge in [0.1, 0.15) is 5.82 Å². The molecule has 16 heavy (non-hydrogen) atoms. The van der Waals surface area contributed by atoms with Crippen LogP contribution in [-0.2, 0) is 0 Å². The van der Waals surface area contributed by atoms with Crippen LogP contribution in [0.15, 0.2) is 18.3 Å². The Balaban J connectivity index is 2.64. The molecule has 0 radical (unpaired) electrons. The van der Waals surface area contributed by atoms with Crippen molar-refractivity contribution in [3.05, 3.63) is 18.3 Å². The molecule has 4 nitrogen and oxygen atoms in total. The number of nitrogens with zero attached hydrogens (tertiary/aromatic N) is 1. The first-order valence-electron chi connectivity index (χ1n) is 5.90. The van der Waals surface area contributed by atoms with Gasteiger partial charge >= 0.3 is 0 Å². The van der Waals surface area contributed by atoms with E-state index >= 15 is 0 Å². The number of aromatic nitrogens is 1. The molecule has 0 fully saturated rings. The van der Waals surface area contributed by atoms with Crippen molar-refractivity contribution in [1.29, 1.82) is 0 Å². The fourth-order valence-corrected chi connectivity index (χ4v) is 1.98. The zero-order valence-electron chi connectivity index (χ0n) is 10.3. The largest absolute Gasteiger partial charge is 0.382 e. The minimum atomic E-state index is 0.461. The minimum absolute atomic E-state index is 0.461. The summed E-state index contributed by atoms with van der Waals surface area (Å²) < 4.78 is 0. The predicted octanol–water partition coefficient (Wildman–Crippen LogP) is 2.60. The maximum atomic E-state index is 5.32. The third kappa shape index (κ3) is 3.38. The van der Waals surface area contributed by atoms with Crippen molar-refractivity contribution in [3.63, 3.8) is 0 Å². The summed E-state index contributed by atoms with van der Waals surface area (Å²) >= 11 is 0. The summed E-state index contributed by atoms with van der Waals surface area (Å²) in [6.45, 7) is 6.67.